The summed E-state index contributed by atoms with van der Waals surface area (Å²) in [6.45, 7) is 0. The standard InChI is InChI=1S/C9H13NO3/c1-10(2,3)6-4-7(11)9(13)8(12)5-6/h4-5H,1-3H3,(H2-,11,12,13)/p+1. The highest BCUT2D eigenvalue weighted by Gasteiger charge is 2.17. The Labute approximate surface area is 76.9 Å². The zero-order valence-corrected chi connectivity index (χ0v) is 7.94. The molecule has 0 saturated heterocycles. The Bertz CT molecular complexity index is 305. The lowest BCUT2D eigenvalue weighted by Crippen LogP contribution is -2.34. The highest BCUT2D eigenvalue weighted by molar-refractivity contribution is 5.59. The fraction of sp³-hybridized carbons (Fsp3) is 0.333. The van der Waals surface area contributed by atoms with Gasteiger partial charge in [-0.2, -0.15) is 0 Å². The first-order chi connectivity index (χ1) is 5.82. The molecule has 0 aliphatic heterocycles. The van der Waals surface area contributed by atoms with Gasteiger partial charge in [0.1, 0.15) is 5.69 Å². The predicted octanol–water partition coefficient (Wildman–Crippen LogP) is 1.00. The highest BCUT2D eigenvalue weighted by atomic mass is 16.3. The Morgan fingerprint density at radius 3 is 1.62 bits per heavy atom. The molecule has 0 saturated carbocycles. The van der Waals surface area contributed by atoms with Gasteiger partial charge in [-0.3, -0.25) is 4.48 Å². The van der Waals surface area contributed by atoms with Gasteiger partial charge in [0, 0.05) is 12.1 Å². The molecule has 0 bridgehead atoms. The van der Waals surface area contributed by atoms with Crippen LogP contribution < -0.4 is 4.48 Å². The summed E-state index contributed by atoms with van der Waals surface area (Å²) in [5.41, 5.74) is 0.716. The smallest absolute Gasteiger partial charge is 0.200 e. The van der Waals surface area contributed by atoms with E-state index in [1.54, 1.807) is 0 Å². The molecule has 1 aromatic carbocycles. The van der Waals surface area contributed by atoms with Crippen LogP contribution in [-0.4, -0.2) is 36.5 Å². The van der Waals surface area contributed by atoms with Crippen LogP contribution in [-0.2, 0) is 0 Å². The maximum atomic E-state index is 9.22. The lowest BCUT2D eigenvalue weighted by atomic mass is 10.2. The lowest BCUT2D eigenvalue weighted by Gasteiger charge is -2.23. The molecular weight excluding hydrogens is 170 g/mol. The Morgan fingerprint density at radius 2 is 1.31 bits per heavy atom. The number of aromatic hydroxyl groups is 3. The minimum Gasteiger partial charge on any atom is -0.504 e. The van der Waals surface area contributed by atoms with E-state index in [9.17, 15) is 10.2 Å². The van der Waals surface area contributed by atoms with Crippen LogP contribution in [0.5, 0.6) is 17.2 Å². The van der Waals surface area contributed by atoms with Gasteiger partial charge in [0.05, 0.1) is 21.1 Å². The molecule has 3 N–H and O–H groups in total. The van der Waals surface area contributed by atoms with Crippen LogP contribution in [0.1, 0.15) is 0 Å². The van der Waals surface area contributed by atoms with Crippen LogP contribution >= 0.6 is 0 Å². The normalized spacial score (nSPS) is 11.6. The average molecular weight is 184 g/mol. The topological polar surface area (TPSA) is 60.7 Å². The third-order valence-corrected chi connectivity index (χ3v) is 1.83. The molecule has 72 valence electrons. The number of quaternary nitrogens is 1. The van der Waals surface area contributed by atoms with Crippen molar-refractivity contribution in [3.8, 4) is 17.2 Å². The van der Waals surface area contributed by atoms with E-state index in [1.165, 1.54) is 12.1 Å². The molecule has 0 unspecified atom stereocenters. The van der Waals surface area contributed by atoms with E-state index in [0.717, 1.165) is 0 Å². The van der Waals surface area contributed by atoms with Gasteiger partial charge in [-0.15, -0.1) is 0 Å². The van der Waals surface area contributed by atoms with E-state index in [-0.39, 0.29) is 11.5 Å². The third kappa shape index (κ3) is 1.84. The second kappa shape index (κ2) is 2.81. The van der Waals surface area contributed by atoms with Gasteiger partial charge in [-0.25, -0.2) is 0 Å². The minimum absolute atomic E-state index is 0.303. The van der Waals surface area contributed by atoms with Crippen molar-refractivity contribution in [2.75, 3.05) is 21.1 Å². The van der Waals surface area contributed by atoms with Gasteiger partial charge >= 0.3 is 0 Å². The number of hydrogen-bond donors (Lipinski definition) is 3. The number of nitrogens with zero attached hydrogens (tertiary/aromatic N) is 1. The van der Waals surface area contributed by atoms with Crippen molar-refractivity contribution < 1.29 is 15.3 Å². The zero-order chi connectivity index (χ0) is 10.2. The fourth-order valence-electron chi connectivity index (χ4n) is 0.977. The van der Waals surface area contributed by atoms with Gasteiger partial charge in [0.15, 0.2) is 11.5 Å². The number of phenols is 3. The molecule has 0 aliphatic carbocycles. The van der Waals surface area contributed by atoms with Crippen molar-refractivity contribution in [3.63, 3.8) is 0 Å². The summed E-state index contributed by atoms with van der Waals surface area (Å²) in [7, 11) is 5.68. The van der Waals surface area contributed by atoms with E-state index in [1.807, 2.05) is 21.1 Å². The molecule has 0 spiro atoms. The number of rotatable bonds is 1. The summed E-state index contributed by atoms with van der Waals surface area (Å²) < 4.78 is 0.460. The van der Waals surface area contributed by atoms with Gasteiger partial charge in [-0.05, 0) is 0 Å². The molecule has 0 fully saturated rings. The minimum atomic E-state index is -0.475. The SMILES string of the molecule is C[N+](C)(C)c1cc(O)c(O)c(O)c1. The monoisotopic (exact) mass is 184 g/mol. The average Bonchev–Trinajstić information content (AvgIpc) is 1.97. The van der Waals surface area contributed by atoms with Crippen molar-refractivity contribution in [2.45, 2.75) is 0 Å². The van der Waals surface area contributed by atoms with Gasteiger partial charge in [0.25, 0.3) is 0 Å². The van der Waals surface area contributed by atoms with E-state index >= 15 is 0 Å². The van der Waals surface area contributed by atoms with E-state index in [4.69, 9.17) is 5.11 Å². The predicted molar refractivity (Wildman–Crippen MR) is 51.0 cm³/mol. The lowest BCUT2D eigenvalue weighted by molar-refractivity contribution is 0.364. The Morgan fingerprint density at radius 1 is 0.923 bits per heavy atom. The first-order valence-electron chi connectivity index (χ1n) is 3.89. The highest BCUT2D eigenvalue weighted by Crippen LogP contribution is 2.39. The Balaban J connectivity index is 3.29. The van der Waals surface area contributed by atoms with Crippen molar-refractivity contribution in [2.24, 2.45) is 0 Å². The van der Waals surface area contributed by atoms with E-state index in [0.29, 0.717) is 10.2 Å². The van der Waals surface area contributed by atoms with E-state index in [2.05, 4.69) is 0 Å². The van der Waals surface area contributed by atoms with Crippen LogP contribution in [0.4, 0.5) is 5.69 Å². The largest absolute Gasteiger partial charge is 0.504 e. The maximum absolute atomic E-state index is 9.22. The van der Waals surface area contributed by atoms with Crippen molar-refractivity contribution in [1.29, 1.82) is 0 Å². The summed E-state index contributed by atoms with van der Waals surface area (Å²) in [5, 5.41) is 27.5. The second-order valence-corrected chi connectivity index (χ2v) is 3.85. The van der Waals surface area contributed by atoms with Crippen LogP contribution in [0.3, 0.4) is 0 Å². The number of hydrogen-bond acceptors (Lipinski definition) is 3. The molecule has 0 amide bonds. The summed E-state index contributed by atoms with van der Waals surface area (Å²) in [4.78, 5) is 0. The molecule has 0 radical (unpaired) electrons. The quantitative estimate of drug-likeness (QED) is 0.450. The van der Waals surface area contributed by atoms with Gasteiger partial charge in [0.2, 0.25) is 5.75 Å². The van der Waals surface area contributed by atoms with Crippen LogP contribution in [0, 0.1) is 0 Å². The summed E-state index contributed by atoms with van der Waals surface area (Å²) >= 11 is 0. The Hall–Kier alpha value is -1.42. The van der Waals surface area contributed by atoms with Gasteiger partial charge < -0.3 is 15.3 Å². The molecule has 0 aromatic heterocycles. The molecule has 4 nitrogen and oxygen atoms in total. The van der Waals surface area contributed by atoms with Crippen molar-refractivity contribution >= 4 is 5.69 Å². The fourth-order valence-corrected chi connectivity index (χ4v) is 0.977. The zero-order valence-electron chi connectivity index (χ0n) is 7.94. The summed E-state index contributed by atoms with van der Waals surface area (Å²) in [6.07, 6.45) is 0. The third-order valence-electron chi connectivity index (χ3n) is 1.83. The van der Waals surface area contributed by atoms with Crippen molar-refractivity contribution in [1.82, 2.24) is 4.48 Å². The molecule has 13 heavy (non-hydrogen) atoms. The summed E-state index contributed by atoms with van der Waals surface area (Å²) in [6, 6.07) is 2.85. The molecular formula is C9H14NO3+. The molecule has 1 rings (SSSR count). The number of phenolic OH excluding ortho intramolecular Hbond substituents is 3. The Kier molecular flexibility index (Phi) is 2.09. The van der Waals surface area contributed by atoms with E-state index < -0.39 is 5.75 Å². The molecule has 0 aliphatic rings. The number of benzene rings is 1. The molecule has 0 atom stereocenters. The van der Waals surface area contributed by atoms with Crippen molar-refractivity contribution in [3.05, 3.63) is 12.1 Å². The molecule has 4 heteroatoms. The summed E-state index contributed by atoms with van der Waals surface area (Å²) in [5.74, 6) is -1.08. The maximum Gasteiger partial charge on any atom is 0.200 e. The van der Waals surface area contributed by atoms with Crippen LogP contribution in [0.2, 0.25) is 0 Å². The van der Waals surface area contributed by atoms with Crippen LogP contribution in [0.15, 0.2) is 12.1 Å². The first-order valence-corrected chi connectivity index (χ1v) is 3.89. The second-order valence-electron chi connectivity index (χ2n) is 3.85. The van der Waals surface area contributed by atoms with Crippen LogP contribution in [0.25, 0.3) is 0 Å². The van der Waals surface area contributed by atoms with Gasteiger partial charge in [-0.1, -0.05) is 0 Å². The molecule has 0 heterocycles. The first kappa shape index (κ1) is 9.67. The molecule has 1 aromatic rings.